The van der Waals surface area contributed by atoms with Crippen molar-refractivity contribution in [3.05, 3.63) is 0 Å². The zero-order valence-electron chi connectivity index (χ0n) is 6.92. The van der Waals surface area contributed by atoms with Crippen molar-refractivity contribution in [2.75, 3.05) is 6.54 Å². The predicted octanol–water partition coefficient (Wildman–Crippen LogP) is 0.401. The van der Waals surface area contributed by atoms with Gasteiger partial charge in [0.25, 0.3) is 0 Å². The number of nitrogens with zero attached hydrogens (tertiary/aromatic N) is 1. The molecule has 0 spiro atoms. The molecule has 4 nitrogen and oxygen atoms in total. The third-order valence-corrected chi connectivity index (χ3v) is 1.86. The minimum Gasteiger partial charge on any atom is -0.303 e. The van der Waals surface area contributed by atoms with E-state index in [1.807, 2.05) is 6.92 Å². The van der Waals surface area contributed by atoms with E-state index < -0.39 is 0 Å². The van der Waals surface area contributed by atoms with Gasteiger partial charge in [0.1, 0.15) is 5.84 Å². The highest BCUT2D eigenvalue weighted by molar-refractivity contribution is 6.05. The molecule has 1 heterocycles. The van der Waals surface area contributed by atoms with Gasteiger partial charge in [-0.1, -0.05) is 12.8 Å². The zero-order valence-corrected chi connectivity index (χ0v) is 6.92. The quantitative estimate of drug-likeness (QED) is 0.572. The van der Waals surface area contributed by atoms with E-state index in [2.05, 4.69) is 11.2 Å². The van der Waals surface area contributed by atoms with Crippen LogP contribution in [0.1, 0.15) is 13.3 Å². The molecule has 2 amide bonds. The number of hydrogen-bond donors (Lipinski definition) is 2. The summed E-state index contributed by atoms with van der Waals surface area (Å²) < 4.78 is 0. The van der Waals surface area contributed by atoms with Gasteiger partial charge in [0.05, 0.1) is 12.6 Å². The fraction of sp³-hybridized carbons (Fsp3) is 0.500. The van der Waals surface area contributed by atoms with E-state index >= 15 is 0 Å². The molecule has 1 unspecified atom stereocenters. The number of hydrogen-bond acceptors (Lipinski definition) is 2. The highest BCUT2D eigenvalue weighted by Gasteiger charge is 2.33. The SMILES string of the molecule is C#CCN1C(=O)NC(=N)C1CC. The lowest BCUT2D eigenvalue weighted by atomic mass is 10.2. The number of carbonyl (C=O) groups is 1. The highest BCUT2D eigenvalue weighted by Crippen LogP contribution is 2.10. The molecule has 64 valence electrons. The van der Waals surface area contributed by atoms with Crippen LogP contribution >= 0.6 is 0 Å². The van der Waals surface area contributed by atoms with Crippen molar-refractivity contribution in [1.29, 1.82) is 5.41 Å². The second-order valence-corrected chi connectivity index (χ2v) is 2.60. The van der Waals surface area contributed by atoms with Gasteiger partial charge in [0.15, 0.2) is 0 Å². The van der Waals surface area contributed by atoms with E-state index in [0.717, 1.165) is 6.42 Å². The number of amidine groups is 1. The Labute approximate surface area is 71.4 Å². The monoisotopic (exact) mass is 165 g/mol. The maximum absolute atomic E-state index is 11.1. The van der Waals surface area contributed by atoms with Crippen molar-refractivity contribution in [2.45, 2.75) is 19.4 Å². The second-order valence-electron chi connectivity index (χ2n) is 2.60. The van der Waals surface area contributed by atoms with E-state index in [-0.39, 0.29) is 24.5 Å². The van der Waals surface area contributed by atoms with Gasteiger partial charge < -0.3 is 4.90 Å². The van der Waals surface area contributed by atoms with Crippen molar-refractivity contribution >= 4 is 11.9 Å². The summed E-state index contributed by atoms with van der Waals surface area (Å²) in [6.07, 6.45) is 5.81. The van der Waals surface area contributed by atoms with Crippen molar-refractivity contribution in [3.63, 3.8) is 0 Å². The lowest BCUT2D eigenvalue weighted by Crippen LogP contribution is -2.34. The summed E-state index contributed by atoms with van der Waals surface area (Å²) in [6, 6.07) is -0.418. The third-order valence-electron chi connectivity index (χ3n) is 1.86. The molecule has 4 heteroatoms. The number of urea groups is 1. The first kappa shape index (κ1) is 8.60. The summed E-state index contributed by atoms with van der Waals surface area (Å²) in [5.74, 6) is 2.64. The first-order valence-electron chi connectivity index (χ1n) is 3.80. The van der Waals surface area contributed by atoms with E-state index in [4.69, 9.17) is 11.8 Å². The minimum atomic E-state index is -0.259. The van der Waals surface area contributed by atoms with Crippen LogP contribution in [0.3, 0.4) is 0 Å². The normalized spacial score (nSPS) is 22.3. The molecule has 1 aliphatic heterocycles. The highest BCUT2D eigenvalue weighted by atomic mass is 16.2. The first-order valence-corrected chi connectivity index (χ1v) is 3.80. The van der Waals surface area contributed by atoms with Crippen LogP contribution in [0.15, 0.2) is 0 Å². The Morgan fingerprint density at radius 3 is 3.00 bits per heavy atom. The second kappa shape index (κ2) is 3.26. The van der Waals surface area contributed by atoms with Crippen LogP contribution < -0.4 is 5.32 Å². The number of amides is 2. The van der Waals surface area contributed by atoms with E-state index in [1.165, 1.54) is 4.90 Å². The largest absolute Gasteiger partial charge is 0.324 e. The average molecular weight is 165 g/mol. The van der Waals surface area contributed by atoms with Gasteiger partial charge >= 0.3 is 6.03 Å². The molecule has 0 saturated carbocycles. The van der Waals surface area contributed by atoms with E-state index in [9.17, 15) is 4.79 Å². The lowest BCUT2D eigenvalue weighted by molar-refractivity contribution is 0.211. The zero-order chi connectivity index (χ0) is 9.14. The van der Waals surface area contributed by atoms with Crippen molar-refractivity contribution in [2.24, 2.45) is 0 Å². The summed E-state index contributed by atoms with van der Waals surface area (Å²) in [4.78, 5) is 12.6. The maximum atomic E-state index is 11.1. The van der Waals surface area contributed by atoms with E-state index in [0.29, 0.717) is 0 Å². The predicted molar refractivity (Wildman–Crippen MR) is 45.9 cm³/mol. The molecule has 0 aromatic carbocycles. The van der Waals surface area contributed by atoms with Crippen molar-refractivity contribution < 1.29 is 4.79 Å². The van der Waals surface area contributed by atoms with Crippen LogP contribution in [0.25, 0.3) is 0 Å². The average Bonchev–Trinajstić information content (AvgIpc) is 2.28. The fourth-order valence-electron chi connectivity index (χ4n) is 1.27. The summed E-state index contributed by atoms with van der Waals surface area (Å²) in [5, 5.41) is 9.83. The molecule has 0 aromatic heterocycles. The molecule has 2 N–H and O–H groups in total. The van der Waals surface area contributed by atoms with Gasteiger partial charge in [-0.2, -0.15) is 0 Å². The third kappa shape index (κ3) is 1.26. The lowest BCUT2D eigenvalue weighted by Gasteiger charge is -2.17. The Morgan fingerprint density at radius 2 is 2.50 bits per heavy atom. The molecular formula is C8H11N3O. The Morgan fingerprint density at radius 1 is 1.83 bits per heavy atom. The summed E-state index contributed by atoms with van der Waals surface area (Å²) in [5.41, 5.74) is 0. The molecule has 1 rings (SSSR count). The molecule has 0 aromatic rings. The van der Waals surface area contributed by atoms with Gasteiger partial charge in [-0.25, -0.2) is 4.79 Å². The van der Waals surface area contributed by atoms with Gasteiger partial charge in [-0.3, -0.25) is 10.7 Å². The topological polar surface area (TPSA) is 56.2 Å². The van der Waals surface area contributed by atoms with Crippen molar-refractivity contribution in [3.8, 4) is 12.3 Å². The smallest absolute Gasteiger partial charge is 0.303 e. The van der Waals surface area contributed by atoms with Crippen LogP contribution in [0.5, 0.6) is 0 Å². The summed E-state index contributed by atoms with van der Waals surface area (Å²) in [6.45, 7) is 2.19. The Balaban J connectivity index is 2.76. The van der Waals surface area contributed by atoms with Crippen LogP contribution in [0.2, 0.25) is 0 Å². The Bertz CT molecular complexity index is 254. The Hall–Kier alpha value is -1.50. The molecule has 0 radical (unpaired) electrons. The minimum absolute atomic E-state index is 0.159. The molecule has 0 aliphatic carbocycles. The molecular weight excluding hydrogens is 154 g/mol. The van der Waals surface area contributed by atoms with Gasteiger partial charge in [-0.15, -0.1) is 6.42 Å². The van der Waals surface area contributed by atoms with Crippen LogP contribution in [-0.2, 0) is 0 Å². The molecule has 1 atom stereocenters. The van der Waals surface area contributed by atoms with Crippen LogP contribution in [0.4, 0.5) is 4.79 Å². The molecule has 1 saturated heterocycles. The number of nitrogens with one attached hydrogen (secondary N) is 2. The molecule has 12 heavy (non-hydrogen) atoms. The van der Waals surface area contributed by atoms with Gasteiger partial charge in [0.2, 0.25) is 0 Å². The van der Waals surface area contributed by atoms with E-state index in [1.54, 1.807) is 0 Å². The number of carbonyl (C=O) groups excluding carboxylic acids is 1. The first-order chi connectivity index (χ1) is 5.70. The summed E-state index contributed by atoms with van der Waals surface area (Å²) in [7, 11) is 0. The fourth-order valence-corrected chi connectivity index (χ4v) is 1.27. The number of terminal acetylenes is 1. The van der Waals surface area contributed by atoms with Gasteiger partial charge in [-0.05, 0) is 6.42 Å². The van der Waals surface area contributed by atoms with Gasteiger partial charge in [0, 0.05) is 0 Å². The van der Waals surface area contributed by atoms with Crippen molar-refractivity contribution in [1.82, 2.24) is 10.2 Å². The Kier molecular flexibility index (Phi) is 2.34. The standard InChI is InChI=1S/C8H11N3O/c1-3-5-11-6(4-2)7(9)10-8(11)12/h1,6H,4-5H2,2H3,(H2,9,10,12). The van der Waals surface area contributed by atoms with Crippen LogP contribution in [-0.4, -0.2) is 29.4 Å². The maximum Gasteiger partial charge on any atom is 0.324 e. The molecule has 1 fully saturated rings. The molecule has 0 bridgehead atoms. The molecule has 1 aliphatic rings. The number of rotatable bonds is 2. The summed E-state index contributed by atoms with van der Waals surface area (Å²) >= 11 is 0. The van der Waals surface area contributed by atoms with Crippen LogP contribution in [0, 0.1) is 17.8 Å².